The molecule has 2 aromatic heterocycles. The van der Waals surface area contributed by atoms with E-state index in [1.165, 1.54) is 11.8 Å². The van der Waals surface area contributed by atoms with Crippen LogP contribution in [0.1, 0.15) is 49.8 Å². The molecular formula is C23H22N4O2S. The second-order valence-corrected chi connectivity index (χ2v) is 8.90. The van der Waals surface area contributed by atoms with Crippen molar-refractivity contribution in [2.75, 3.05) is 0 Å². The van der Waals surface area contributed by atoms with Crippen LogP contribution in [0.25, 0.3) is 22.4 Å². The predicted octanol–water partition coefficient (Wildman–Crippen LogP) is 5.41. The number of aromatic nitrogens is 4. The number of rotatable bonds is 5. The highest BCUT2D eigenvalue weighted by Gasteiger charge is 2.25. The van der Waals surface area contributed by atoms with Gasteiger partial charge < -0.3 is 4.42 Å². The normalized spacial score (nSPS) is 15.6. The number of thioether (sulfide) groups is 1. The van der Waals surface area contributed by atoms with Crippen molar-refractivity contribution in [3.63, 3.8) is 0 Å². The Morgan fingerprint density at radius 2 is 1.77 bits per heavy atom. The van der Waals surface area contributed by atoms with Crippen LogP contribution in [0.2, 0.25) is 0 Å². The number of fused-ring (bicyclic) bond motifs is 1. The Balaban J connectivity index is 1.51. The summed E-state index contributed by atoms with van der Waals surface area (Å²) < 4.78 is 7.82. The van der Waals surface area contributed by atoms with Crippen molar-refractivity contribution in [3.8, 4) is 11.5 Å². The number of hydrogen-bond acceptors (Lipinski definition) is 6. The highest BCUT2D eigenvalue weighted by atomic mass is 32.2. The Hall–Kier alpha value is -2.93. The molecule has 30 heavy (non-hydrogen) atoms. The number of nitrogens with zero attached hydrogens (tertiary/aromatic N) is 4. The van der Waals surface area contributed by atoms with Gasteiger partial charge in [0.15, 0.2) is 5.16 Å². The molecule has 1 atom stereocenters. The lowest BCUT2D eigenvalue weighted by Gasteiger charge is -2.19. The maximum absolute atomic E-state index is 13.3. The molecule has 0 aliphatic heterocycles. The van der Waals surface area contributed by atoms with Crippen LogP contribution >= 0.6 is 11.8 Å². The van der Waals surface area contributed by atoms with E-state index < -0.39 is 0 Å². The maximum atomic E-state index is 13.3. The molecule has 0 amide bonds. The summed E-state index contributed by atoms with van der Waals surface area (Å²) in [6, 6.07) is 17.5. The van der Waals surface area contributed by atoms with Gasteiger partial charge in [-0.3, -0.25) is 9.36 Å². The molecule has 6 nitrogen and oxygen atoms in total. The van der Waals surface area contributed by atoms with Gasteiger partial charge in [-0.2, -0.15) is 0 Å². The van der Waals surface area contributed by atoms with E-state index >= 15 is 0 Å². The lowest BCUT2D eigenvalue weighted by Crippen LogP contribution is -2.26. The molecule has 0 saturated heterocycles. The maximum Gasteiger partial charge on any atom is 0.262 e. The van der Waals surface area contributed by atoms with Gasteiger partial charge in [-0.05, 0) is 44.0 Å². The van der Waals surface area contributed by atoms with Crippen LogP contribution < -0.4 is 5.56 Å². The van der Waals surface area contributed by atoms with E-state index in [-0.39, 0.29) is 16.9 Å². The third-order valence-electron chi connectivity index (χ3n) is 5.56. The Bertz CT molecular complexity index is 1230. The van der Waals surface area contributed by atoms with Gasteiger partial charge in [0.2, 0.25) is 11.8 Å². The fraction of sp³-hybridized carbons (Fsp3) is 0.304. The van der Waals surface area contributed by atoms with Crippen LogP contribution in [0.4, 0.5) is 0 Å². The summed E-state index contributed by atoms with van der Waals surface area (Å²) in [4.78, 5) is 18.1. The Labute approximate surface area is 178 Å². The van der Waals surface area contributed by atoms with Crippen molar-refractivity contribution in [1.29, 1.82) is 0 Å². The Morgan fingerprint density at radius 1 is 1.03 bits per heavy atom. The van der Waals surface area contributed by atoms with E-state index in [2.05, 4.69) is 10.2 Å². The van der Waals surface area contributed by atoms with Crippen LogP contribution in [-0.2, 0) is 0 Å². The average Bonchev–Trinajstić information content (AvgIpc) is 3.47. The Morgan fingerprint density at radius 3 is 2.57 bits per heavy atom. The fourth-order valence-electron chi connectivity index (χ4n) is 4.00. The fourth-order valence-corrected chi connectivity index (χ4v) is 5.01. The summed E-state index contributed by atoms with van der Waals surface area (Å²) in [7, 11) is 0. The quantitative estimate of drug-likeness (QED) is 0.318. The molecule has 0 unspecified atom stereocenters. The van der Waals surface area contributed by atoms with Gasteiger partial charge in [0.1, 0.15) is 0 Å². The lowest BCUT2D eigenvalue weighted by molar-refractivity contribution is 0.456. The summed E-state index contributed by atoms with van der Waals surface area (Å²) in [6.45, 7) is 2.01. The molecule has 1 fully saturated rings. The van der Waals surface area contributed by atoms with E-state index in [0.29, 0.717) is 17.2 Å². The zero-order chi connectivity index (χ0) is 20.5. The standard InChI is InChI=1S/C23H22N4O2S/c1-15(20-25-26-21(29-20)16-9-3-2-4-10-16)30-23-24-19-14-8-7-13-18(19)22(28)27(23)17-11-5-6-12-17/h2-4,7-10,13-15,17H,5-6,11-12H2,1H3/t15-/m1/s1. The van der Waals surface area contributed by atoms with Crippen molar-refractivity contribution < 1.29 is 4.42 Å². The first-order valence-electron chi connectivity index (χ1n) is 10.3. The van der Waals surface area contributed by atoms with Gasteiger partial charge in [-0.1, -0.05) is 54.9 Å². The summed E-state index contributed by atoms with van der Waals surface area (Å²) in [5, 5.41) is 9.71. The molecule has 1 saturated carbocycles. The van der Waals surface area contributed by atoms with Gasteiger partial charge in [0.05, 0.1) is 16.2 Å². The zero-order valence-corrected chi connectivity index (χ0v) is 17.5. The van der Waals surface area contributed by atoms with Gasteiger partial charge in [-0.15, -0.1) is 10.2 Å². The molecular weight excluding hydrogens is 396 g/mol. The zero-order valence-electron chi connectivity index (χ0n) is 16.7. The number of para-hydroxylation sites is 1. The third kappa shape index (κ3) is 3.54. The lowest BCUT2D eigenvalue weighted by atomic mass is 10.2. The molecule has 0 N–H and O–H groups in total. The summed E-state index contributed by atoms with van der Waals surface area (Å²) in [6.07, 6.45) is 4.32. The highest BCUT2D eigenvalue weighted by molar-refractivity contribution is 7.99. The predicted molar refractivity (Wildman–Crippen MR) is 118 cm³/mol. The molecule has 2 heterocycles. The first-order chi connectivity index (χ1) is 14.7. The minimum absolute atomic E-state index is 0.0395. The van der Waals surface area contributed by atoms with Crippen molar-refractivity contribution in [3.05, 3.63) is 70.8 Å². The van der Waals surface area contributed by atoms with E-state index in [4.69, 9.17) is 9.40 Å². The number of hydrogen-bond donors (Lipinski definition) is 0. The molecule has 0 bridgehead atoms. The van der Waals surface area contributed by atoms with Gasteiger partial charge in [0.25, 0.3) is 5.56 Å². The van der Waals surface area contributed by atoms with Crippen LogP contribution in [0.15, 0.2) is 69.0 Å². The van der Waals surface area contributed by atoms with E-state index in [1.54, 1.807) is 0 Å². The molecule has 1 aliphatic rings. The highest BCUT2D eigenvalue weighted by Crippen LogP contribution is 2.38. The summed E-state index contributed by atoms with van der Waals surface area (Å²) in [5.41, 5.74) is 1.65. The van der Waals surface area contributed by atoms with Crippen molar-refractivity contribution in [1.82, 2.24) is 19.7 Å². The minimum atomic E-state index is -0.129. The van der Waals surface area contributed by atoms with Gasteiger partial charge in [-0.25, -0.2) is 4.98 Å². The summed E-state index contributed by atoms with van der Waals surface area (Å²) >= 11 is 1.50. The van der Waals surface area contributed by atoms with Gasteiger partial charge >= 0.3 is 0 Å². The molecule has 0 radical (unpaired) electrons. The van der Waals surface area contributed by atoms with Gasteiger partial charge in [0, 0.05) is 11.6 Å². The molecule has 4 aromatic rings. The van der Waals surface area contributed by atoms with E-state index in [0.717, 1.165) is 41.9 Å². The van der Waals surface area contributed by atoms with Crippen LogP contribution in [0.3, 0.4) is 0 Å². The second-order valence-electron chi connectivity index (χ2n) is 7.60. The van der Waals surface area contributed by atoms with Crippen LogP contribution in [0.5, 0.6) is 0 Å². The SMILES string of the molecule is C[C@@H](Sc1nc2ccccc2c(=O)n1C1CCCC1)c1nnc(-c2ccccc2)o1. The third-order valence-corrected chi connectivity index (χ3v) is 6.61. The molecule has 5 rings (SSSR count). The van der Waals surface area contributed by atoms with Crippen molar-refractivity contribution in [2.45, 2.75) is 49.1 Å². The average molecular weight is 419 g/mol. The first kappa shape index (κ1) is 19.1. The van der Waals surface area contributed by atoms with E-state index in [1.807, 2.05) is 66.1 Å². The van der Waals surface area contributed by atoms with Crippen molar-refractivity contribution >= 4 is 22.7 Å². The molecule has 2 aromatic carbocycles. The molecule has 1 aliphatic carbocycles. The van der Waals surface area contributed by atoms with Crippen molar-refractivity contribution in [2.24, 2.45) is 0 Å². The first-order valence-corrected chi connectivity index (χ1v) is 11.2. The minimum Gasteiger partial charge on any atom is -0.419 e. The smallest absolute Gasteiger partial charge is 0.262 e. The molecule has 152 valence electrons. The number of benzene rings is 2. The van der Waals surface area contributed by atoms with E-state index in [9.17, 15) is 4.79 Å². The monoisotopic (exact) mass is 418 g/mol. The molecule has 7 heteroatoms. The topological polar surface area (TPSA) is 73.8 Å². The second kappa shape index (κ2) is 8.07. The summed E-state index contributed by atoms with van der Waals surface area (Å²) in [5.74, 6) is 1.02. The Kier molecular flexibility index (Phi) is 5.12. The van der Waals surface area contributed by atoms with Crippen LogP contribution in [0, 0.1) is 0 Å². The van der Waals surface area contributed by atoms with Crippen LogP contribution in [-0.4, -0.2) is 19.7 Å². The largest absolute Gasteiger partial charge is 0.419 e. The molecule has 0 spiro atoms.